The highest BCUT2D eigenvalue weighted by Gasteiger charge is 2.34. The van der Waals surface area contributed by atoms with Crippen molar-refractivity contribution in [1.29, 1.82) is 0 Å². The van der Waals surface area contributed by atoms with E-state index in [0.29, 0.717) is 4.91 Å². The van der Waals surface area contributed by atoms with E-state index < -0.39 is 0 Å². The third-order valence-corrected chi connectivity index (χ3v) is 5.34. The molecule has 0 bridgehead atoms. The molecule has 6 nitrogen and oxygen atoms in total. The fourth-order valence-electron chi connectivity index (χ4n) is 2.81. The maximum atomic E-state index is 12.5. The molecule has 1 fully saturated rings. The summed E-state index contributed by atoms with van der Waals surface area (Å²) in [5.74, 6) is 0.231. The zero-order chi connectivity index (χ0) is 20.8. The largest absolute Gasteiger partial charge is 0.497 e. The van der Waals surface area contributed by atoms with Gasteiger partial charge in [0, 0.05) is 13.1 Å². The number of nitrogens with zero attached hydrogens (tertiary/aromatic N) is 1. The van der Waals surface area contributed by atoms with Crippen molar-refractivity contribution < 1.29 is 19.1 Å². The summed E-state index contributed by atoms with van der Waals surface area (Å²) < 4.78 is 5.09. The quantitative estimate of drug-likeness (QED) is 0.708. The summed E-state index contributed by atoms with van der Waals surface area (Å²) in [6, 6.07) is 15.0. The molecule has 1 aliphatic heterocycles. The Morgan fingerprint density at radius 2 is 1.79 bits per heavy atom. The van der Waals surface area contributed by atoms with Crippen LogP contribution in [0.15, 0.2) is 53.4 Å². The van der Waals surface area contributed by atoms with Crippen LogP contribution in [0.3, 0.4) is 0 Å². The van der Waals surface area contributed by atoms with Crippen LogP contribution in [0.5, 0.6) is 5.75 Å². The Labute approximate surface area is 173 Å². The lowest BCUT2D eigenvalue weighted by Gasteiger charge is -2.13. The molecule has 3 amide bonds. The minimum Gasteiger partial charge on any atom is -0.497 e. The molecule has 0 radical (unpaired) electrons. The Balaban J connectivity index is 1.51. The topological polar surface area (TPSA) is 75.7 Å². The molecule has 0 unspecified atom stereocenters. The lowest BCUT2D eigenvalue weighted by molar-refractivity contribution is -0.124. The number of thioether (sulfide) groups is 1. The predicted octanol–water partition coefficient (Wildman–Crippen LogP) is 3.40. The Morgan fingerprint density at radius 1 is 1.10 bits per heavy atom. The van der Waals surface area contributed by atoms with Gasteiger partial charge in [0.2, 0.25) is 5.91 Å². The first-order valence-corrected chi connectivity index (χ1v) is 9.99. The van der Waals surface area contributed by atoms with E-state index in [0.717, 1.165) is 34.2 Å². The predicted molar refractivity (Wildman–Crippen MR) is 114 cm³/mol. The van der Waals surface area contributed by atoms with Crippen molar-refractivity contribution in [2.45, 2.75) is 13.3 Å². The lowest BCUT2D eigenvalue weighted by atomic mass is 10.1. The smallest absolute Gasteiger partial charge is 0.293 e. The third kappa shape index (κ3) is 5.48. The highest BCUT2D eigenvalue weighted by molar-refractivity contribution is 8.18. The Kier molecular flexibility index (Phi) is 6.72. The molecule has 1 aliphatic rings. The standard InChI is InChI=1S/C22H22N2O4S/c1-15-3-5-16(6-4-15)13-19-21(26)24(22(27)29-19)12-11-23-20(25)14-17-7-9-18(28-2)10-8-17/h3-10,13H,11-12,14H2,1-2H3,(H,23,25). The van der Waals surface area contributed by atoms with Gasteiger partial charge in [-0.25, -0.2) is 0 Å². The molecule has 2 aromatic rings. The normalized spacial score (nSPS) is 15.1. The fraction of sp³-hybridized carbons (Fsp3) is 0.227. The van der Waals surface area contributed by atoms with Crippen LogP contribution in [0.1, 0.15) is 16.7 Å². The van der Waals surface area contributed by atoms with Crippen LogP contribution >= 0.6 is 11.8 Å². The van der Waals surface area contributed by atoms with Crippen molar-refractivity contribution in [3.05, 3.63) is 70.1 Å². The van der Waals surface area contributed by atoms with Crippen molar-refractivity contribution in [3.8, 4) is 5.75 Å². The van der Waals surface area contributed by atoms with Crippen LogP contribution in [0, 0.1) is 6.92 Å². The van der Waals surface area contributed by atoms with Gasteiger partial charge in [0.05, 0.1) is 18.4 Å². The number of hydrogen-bond donors (Lipinski definition) is 1. The lowest BCUT2D eigenvalue weighted by Crippen LogP contribution is -2.37. The van der Waals surface area contributed by atoms with Crippen LogP contribution in [-0.4, -0.2) is 42.2 Å². The van der Waals surface area contributed by atoms with Crippen molar-refractivity contribution in [2.75, 3.05) is 20.2 Å². The molecule has 1 heterocycles. The highest BCUT2D eigenvalue weighted by Crippen LogP contribution is 2.31. The van der Waals surface area contributed by atoms with Crippen LogP contribution in [0.2, 0.25) is 0 Å². The molecule has 29 heavy (non-hydrogen) atoms. The van der Waals surface area contributed by atoms with Gasteiger partial charge >= 0.3 is 0 Å². The number of aryl methyl sites for hydroxylation is 1. The first-order chi connectivity index (χ1) is 14.0. The van der Waals surface area contributed by atoms with E-state index in [1.165, 1.54) is 4.90 Å². The number of methoxy groups -OCH3 is 1. The molecule has 2 aromatic carbocycles. The van der Waals surface area contributed by atoms with Gasteiger partial charge in [-0.3, -0.25) is 19.3 Å². The number of carbonyl (C=O) groups excluding carboxylic acids is 3. The molecule has 0 aliphatic carbocycles. The van der Waals surface area contributed by atoms with Gasteiger partial charge in [-0.1, -0.05) is 42.0 Å². The summed E-state index contributed by atoms with van der Waals surface area (Å²) in [7, 11) is 1.59. The van der Waals surface area contributed by atoms with Crippen LogP contribution in [0.4, 0.5) is 4.79 Å². The molecule has 1 N–H and O–H groups in total. The second kappa shape index (κ2) is 9.43. The summed E-state index contributed by atoms with van der Waals surface area (Å²) in [6.07, 6.45) is 1.94. The molecule has 0 spiro atoms. The molecule has 150 valence electrons. The number of nitrogens with one attached hydrogen (secondary N) is 1. The summed E-state index contributed by atoms with van der Waals surface area (Å²) in [5, 5.41) is 2.43. The molecule has 7 heteroatoms. The average molecular weight is 410 g/mol. The molecule has 0 saturated carbocycles. The van der Waals surface area contributed by atoms with Gasteiger partial charge in [0.1, 0.15) is 5.75 Å². The van der Waals surface area contributed by atoms with E-state index in [9.17, 15) is 14.4 Å². The van der Waals surface area contributed by atoms with Crippen LogP contribution < -0.4 is 10.1 Å². The van der Waals surface area contributed by atoms with Gasteiger partial charge in [-0.2, -0.15) is 0 Å². The number of rotatable bonds is 7. The van der Waals surface area contributed by atoms with Crippen LogP contribution in [0.25, 0.3) is 6.08 Å². The number of imide groups is 1. The number of ether oxygens (including phenoxy) is 1. The first-order valence-electron chi connectivity index (χ1n) is 9.18. The van der Waals surface area contributed by atoms with Crippen molar-refractivity contribution in [3.63, 3.8) is 0 Å². The minimum atomic E-state index is -0.329. The van der Waals surface area contributed by atoms with Crippen molar-refractivity contribution in [1.82, 2.24) is 10.2 Å². The van der Waals surface area contributed by atoms with E-state index >= 15 is 0 Å². The second-order valence-electron chi connectivity index (χ2n) is 6.62. The van der Waals surface area contributed by atoms with Gasteiger partial charge in [0.25, 0.3) is 11.1 Å². The fourth-order valence-corrected chi connectivity index (χ4v) is 3.67. The van der Waals surface area contributed by atoms with E-state index in [2.05, 4.69) is 5.32 Å². The van der Waals surface area contributed by atoms with Gasteiger partial charge < -0.3 is 10.1 Å². The monoisotopic (exact) mass is 410 g/mol. The van der Waals surface area contributed by atoms with E-state index in [1.807, 2.05) is 43.3 Å². The Hall–Kier alpha value is -3.06. The molecular weight excluding hydrogens is 388 g/mol. The van der Waals surface area contributed by atoms with Gasteiger partial charge in [0.15, 0.2) is 0 Å². The first kappa shape index (κ1) is 20.7. The molecule has 0 atom stereocenters. The van der Waals surface area contributed by atoms with E-state index in [4.69, 9.17) is 4.74 Å². The number of hydrogen-bond acceptors (Lipinski definition) is 5. The highest BCUT2D eigenvalue weighted by atomic mass is 32.2. The van der Waals surface area contributed by atoms with Gasteiger partial charge in [-0.15, -0.1) is 0 Å². The molecule has 3 rings (SSSR count). The zero-order valence-electron chi connectivity index (χ0n) is 16.3. The molecule has 1 saturated heterocycles. The maximum absolute atomic E-state index is 12.5. The minimum absolute atomic E-state index is 0.143. The number of benzene rings is 2. The summed E-state index contributed by atoms with van der Waals surface area (Å²) >= 11 is 0.920. The zero-order valence-corrected chi connectivity index (χ0v) is 17.1. The SMILES string of the molecule is COc1ccc(CC(=O)NCCN2C(=O)SC(=Cc3ccc(C)cc3)C2=O)cc1. The second-order valence-corrected chi connectivity index (χ2v) is 7.61. The third-order valence-electron chi connectivity index (χ3n) is 4.43. The Bertz CT molecular complexity index is 936. The van der Waals surface area contributed by atoms with Gasteiger partial charge in [-0.05, 0) is 48.0 Å². The van der Waals surface area contributed by atoms with Crippen molar-refractivity contribution in [2.24, 2.45) is 0 Å². The number of carbonyl (C=O) groups is 3. The summed E-state index contributed by atoms with van der Waals surface area (Å²) in [5.41, 5.74) is 2.85. The maximum Gasteiger partial charge on any atom is 0.293 e. The average Bonchev–Trinajstić information content (AvgIpc) is 2.97. The number of amides is 3. The summed E-state index contributed by atoms with van der Waals surface area (Å²) in [6.45, 7) is 2.34. The van der Waals surface area contributed by atoms with E-state index in [-0.39, 0.29) is 36.6 Å². The van der Waals surface area contributed by atoms with Crippen molar-refractivity contribution >= 4 is 34.9 Å². The Morgan fingerprint density at radius 3 is 2.45 bits per heavy atom. The molecular formula is C22H22N2O4S. The molecule has 0 aromatic heterocycles. The summed E-state index contributed by atoms with van der Waals surface area (Å²) in [4.78, 5) is 38.3. The van der Waals surface area contributed by atoms with E-state index in [1.54, 1.807) is 25.3 Å². The van der Waals surface area contributed by atoms with Crippen LogP contribution in [-0.2, 0) is 16.0 Å².